The van der Waals surface area contributed by atoms with Crippen molar-refractivity contribution in [1.82, 2.24) is 4.57 Å². The SMILES string of the molecule is CCOC(=O)C1=C(C)N=c2s/c(=C\c3ccc(-c4ccc(Cl)cc4)o3)c(=O)n2[C@@H]1c1ccc(OC)c(OC)c1. The summed E-state index contributed by atoms with van der Waals surface area (Å²) < 4.78 is 24.2. The van der Waals surface area contributed by atoms with Gasteiger partial charge in [0.1, 0.15) is 11.5 Å². The van der Waals surface area contributed by atoms with Crippen molar-refractivity contribution >= 4 is 35.0 Å². The number of thiazole rings is 1. The molecule has 1 atom stereocenters. The fraction of sp³-hybridized carbons (Fsp3) is 0.207. The van der Waals surface area contributed by atoms with Gasteiger partial charge in [0.15, 0.2) is 16.3 Å². The molecule has 0 saturated carbocycles. The van der Waals surface area contributed by atoms with Gasteiger partial charge in [-0.05, 0) is 67.9 Å². The average Bonchev–Trinajstić information content (AvgIpc) is 3.52. The topological polar surface area (TPSA) is 92.3 Å². The Labute approximate surface area is 233 Å². The number of rotatable bonds is 7. The summed E-state index contributed by atoms with van der Waals surface area (Å²) in [4.78, 5) is 32.0. The van der Waals surface area contributed by atoms with E-state index in [1.54, 1.807) is 63.4 Å². The molecule has 1 aliphatic heterocycles. The van der Waals surface area contributed by atoms with E-state index in [1.807, 2.05) is 18.2 Å². The molecular weight excluding hydrogens is 540 g/mol. The normalized spacial score (nSPS) is 15.1. The Morgan fingerprint density at radius 3 is 2.54 bits per heavy atom. The van der Waals surface area contributed by atoms with Gasteiger partial charge in [-0.2, -0.15) is 0 Å². The van der Waals surface area contributed by atoms with Crippen molar-refractivity contribution in [2.75, 3.05) is 20.8 Å². The van der Waals surface area contributed by atoms with Crippen LogP contribution in [0.2, 0.25) is 5.02 Å². The molecule has 2 aromatic carbocycles. The monoisotopic (exact) mass is 564 g/mol. The number of hydrogen-bond acceptors (Lipinski definition) is 8. The number of allylic oxidation sites excluding steroid dienone is 1. The fourth-order valence-corrected chi connectivity index (χ4v) is 5.61. The van der Waals surface area contributed by atoms with Gasteiger partial charge in [0, 0.05) is 16.7 Å². The highest BCUT2D eigenvalue weighted by Crippen LogP contribution is 2.36. The van der Waals surface area contributed by atoms with Gasteiger partial charge in [-0.15, -0.1) is 0 Å². The van der Waals surface area contributed by atoms with Crippen LogP contribution in [-0.2, 0) is 9.53 Å². The molecule has 0 radical (unpaired) electrons. The summed E-state index contributed by atoms with van der Waals surface area (Å²) in [5.74, 6) is 1.62. The molecular formula is C29H25ClN2O6S. The molecule has 0 fully saturated rings. The Balaban J connectivity index is 1.65. The summed E-state index contributed by atoms with van der Waals surface area (Å²) >= 11 is 7.22. The van der Waals surface area contributed by atoms with Crippen LogP contribution in [0.3, 0.4) is 0 Å². The number of benzene rings is 2. The summed E-state index contributed by atoms with van der Waals surface area (Å²) in [6, 6.07) is 15.4. The molecule has 4 aromatic rings. The lowest BCUT2D eigenvalue weighted by Gasteiger charge is -2.25. The Morgan fingerprint density at radius 1 is 1.10 bits per heavy atom. The third-order valence-corrected chi connectivity index (χ3v) is 7.50. The van der Waals surface area contributed by atoms with Crippen molar-refractivity contribution in [2.24, 2.45) is 4.99 Å². The van der Waals surface area contributed by atoms with E-state index in [9.17, 15) is 9.59 Å². The molecule has 5 rings (SSSR count). The molecule has 1 aliphatic rings. The highest BCUT2D eigenvalue weighted by molar-refractivity contribution is 7.07. The Kier molecular flexibility index (Phi) is 7.45. The number of nitrogens with zero attached hydrogens (tertiary/aromatic N) is 2. The first-order chi connectivity index (χ1) is 18.8. The van der Waals surface area contributed by atoms with E-state index >= 15 is 0 Å². The van der Waals surface area contributed by atoms with Crippen molar-refractivity contribution in [2.45, 2.75) is 19.9 Å². The Morgan fingerprint density at radius 2 is 1.85 bits per heavy atom. The highest BCUT2D eigenvalue weighted by Gasteiger charge is 2.34. The molecule has 0 aliphatic carbocycles. The number of carbonyl (C=O) groups excluding carboxylic acids is 1. The fourth-order valence-electron chi connectivity index (χ4n) is 4.46. The summed E-state index contributed by atoms with van der Waals surface area (Å²) in [6.45, 7) is 3.66. The lowest BCUT2D eigenvalue weighted by molar-refractivity contribution is -0.139. The van der Waals surface area contributed by atoms with Gasteiger partial charge >= 0.3 is 5.97 Å². The van der Waals surface area contributed by atoms with Gasteiger partial charge in [-0.25, -0.2) is 9.79 Å². The summed E-state index contributed by atoms with van der Waals surface area (Å²) in [6.07, 6.45) is 1.68. The second-order valence-electron chi connectivity index (χ2n) is 8.63. The number of methoxy groups -OCH3 is 2. The molecule has 0 unspecified atom stereocenters. The maximum absolute atomic E-state index is 13.8. The number of fused-ring (bicyclic) bond motifs is 1. The van der Waals surface area contributed by atoms with E-state index in [2.05, 4.69) is 4.99 Å². The van der Waals surface area contributed by atoms with Crippen molar-refractivity contribution in [3.8, 4) is 22.8 Å². The average molecular weight is 565 g/mol. The van der Waals surface area contributed by atoms with Crippen LogP contribution in [0.1, 0.15) is 31.2 Å². The van der Waals surface area contributed by atoms with Crippen LogP contribution >= 0.6 is 22.9 Å². The number of carbonyl (C=O) groups is 1. The van der Waals surface area contributed by atoms with E-state index in [0.717, 1.165) is 5.56 Å². The first kappa shape index (κ1) is 26.5. The van der Waals surface area contributed by atoms with Crippen LogP contribution in [0.25, 0.3) is 17.4 Å². The van der Waals surface area contributed by atoms with E-state index in [4.69, 9.17) is 30.2 Å². The zero-order chi connectivity index (χ0) is 27.7. The molecule has 0 amide bonds. The second-order valence-corrected chi connectivity index (χ2v) is 10.1. The highest BCUT2D eigenvalue weighted by atomic mass is 35.5. The number of halogens is 1. The molecule has 10 heteroatoms. The number of esters is 1. The van der Waals surface area contributed by atoms with Gasteiger partial charge in [0.2, 0.25) is 0 Å². The molecule has 8 nitrogen and oxygen atoms in total. The standard InChI is InChI=1S/C29H25ClN2O6S/c1-5-37-28(34)25-16(2)31-29-32(26(25)18-8-12-22(35-3)23(14-18)36-4)27(33)24(39-29)15-20-11-13-21(38-20)17-6-9-19(30)10-7-17/h6-15,26H,5H2,1-4H3/b24-15-/t26-/m1/s1. The second kappa shape index (κ2) is 11.0. The number of aromatic nitrogens is 1. The van der Waals surface area contributed by atoms with Crippen LogP contribution in [0.15, 0.2) is 80.1 Å². The Hall–Kier alpha value is -4.08. The minimum absolute atomic E-state index is 0.188. The van der Waals surface area contributed by atoms with Crippen LogP contribution < -0.4 is 24.4 Å². The van der Waals surface area contributed by atoms with Gasteiger partial charge in [0.25, 0.3) is 5.56 Å². The largest absolute Gasteiger partial charge is 0.493 e. The lowest BCUT2D eigenvalue weighted by atomic mass is 9.95. The van der Waals surface area contributed by atoms with Gasteiger partial charge in [-0.3, -0.25) is 9.36 Å². The number of hydrogen-bond donors (Lipinski definition) is 0. The molecule has 0 saturated heterocycles. The third-order valence-electron chi connectivity index (χ3n) is 6.27. The summed E-state index contributed by atoms with van der Waals surface area (Å²) in [5, 5.41) is 0.633. The maximum Gasteiger partial charge on any atom is 0.338 e. The Bertz CT molecular complexity index is 1760. The van der Waals surface area contributed by atoms with Crippen molar-refractivity contribution in [1.29, 1.82) is 0 Å². The predicted molar refractivity (Wildman–Crippen MR) is 149 cm³/mol. The van der Waals surface area contributed by atoms with E-state index in [-0.39, 0.29) is 17.7 Å². The third kappa shape index (κ3) is 5.03. The predicted octanol–water partition coefficient (Wildman–Crippen LogP) is 4.73. The molecule has 2 aromatic heterocycles. The number of furan rings is 1. The van der Waals surface area contributed by atoms with E-state index < -0.39 is 12.0 Å². The van der Waals surface area contributed by atoms with Gasteiger partial charge in [-0.1, -0.05) is 29.0 Å². The molecule has 39 heavy (non-hydrogen) atoms. The minimum atomic E-state index is -0.775. The van der Waals surface area contributed by atoms with Crippen molar-refractivity contribution < 1.29 is 23.4 Å². The summed E-state index contributed by atoms with van der Waals surface area (Å²) in [7, 11) is 3.07. The van der Waals surface area contributed by atoms with E-state index in [1.165, 1.54) is 23.0 Å². The minimum Gasteiger partial charge on any atom is -0.493 e. The van der Waals surface area contributed by atoms with Crippen LogP contribution in [0, 0.1) is 0 Å². The van der Waals surface area contributed by atoms with Crippen LogP contribution in [0.4, 0.5) is 0 Å². The number of ether oxygens (including phenoxy) is 3. The lowest BCUT2D eigenvalue weighted by Crippen LogP contribution is -2.39. The maximum atomic E-state index is 13.8. The van der Waals surface area contributed by atoms with Crippen LogP contribution in [-0.4, -0.2) is 31.4 Å². The molecule has 3 heterocycles. The molecule has 0 bridgehead atoms. The first-order valence-electron chi connectivity index (χ1n) is 12.1. The van der Waals surface area contributed by atoms with Crippen molar-refractivity contribution in [3.05, 3.63) is 102 Å². The quantitative estimate of drug-likeness (QED) is 0.301. The first-order valence-corrected chi connectivity index (χ1v) is 13.3. The van der Waals surface area contributed by atoms with Gasteiger partial charge in [0.05, 0.1) is 42.7 Å². The van der Waals surface area contributed by atoms with Crippen molar-refractivity contribution in [3.63, 3.8) is 0 Å². The molecule has 0 spiro atoms. The smallest absolute Gasteiger partial charge is 0.338 e. The van der Waals surface area contributed by atoms with Gasteiger partial charge < -0.3 is 18.6 Å². The molecule has 200 valence electrons. The molecule has 0 N–H and O–H groups in total. The zero-order valence-corrected chi connectivity index (χ0v) is 23.3. The van der Waals surface area contributed by atoms with Crippen LogP contribution in [0.5, 0.6) is 11.5 Å². The zero-order valence-electron chi connectivity index (χ0n) is 21.7. The van der Waals surface area contributed by atoms with E-state index in [0.29, 0.717) is 48.6 Å². The summed E-state index contributed by atoms with van der Waals surface area (Å²) in [5.41, 5.74) is 1.97.